The molecular formula is C6H14N2O7S6. The highest BCUT2D eigenvalue weighted by atomic mass is 33.1. The smallest absolute Gasteiger partial charge is 0.363 e. The Kier molecular flexibility index (Phi) is 11.3. The summed E-state index contributed by atoms with van der Waals surface area (Å²) in [6.45, 7) is 0. The first-order valence-corrected chi connectivity index (χ1v) is 10.3. The molecule has 0 aromatic heterocycles. The van der Waals surface area contributed by atoms with Crippen LogP contribution < -0.4 is 0 Å². The van der Waals surface area contributed by atoms with E-state index < -0.39 is 20.8 Å². The van der Waals surface area contributed by atoms with Gasteiger partial charge in [0.05, 0.1) is 0 Å². The van der Waals surface area contributed by atoms with Crippen LogP contribution in [0.2, 0.25) is 0 Å². The summed E-state index contributed by atoms with van der Waals surface area (Å²) in [5.74, 6) is 0. The molecule has 0 amide bonds. The average Bonchev–Trinajstić information content (AvgIpc) is 2.20. The van der Waals surface area contributed by atoms with Crippen LogP contribution in [0.5, 0.6) is 0 Å². The van der Waals surface area contributed by atoms with Gasteiger partial charge in [-0.05, 0) is 21.6 Å². The van der Waals surface area contributed by atoms with Crippen molar-refractivity contribution in [2.75, 3.05) is 28.2 Å². The highest BCUT2D eigenvalue weighted by Crippen LogP contribution is 2.26. The molecule has 0 saturated carbocycles. The van der Waals surface area contributed by atoms with Gasteiger partial charge < -0.3 is 9.80 Å². The van der Waals surface area contributed by atoms with Gasteiger partial charge in [-0.3, -0.25) is 9.11 Å². The molecule has 9 nitrogen and oxygen atoms in total. The fourth-order valence-electron chi connectivity index (χ4n) is 0.329. The molecule has 0 radical (unpaired) electrons. The van der Waals surface area contributed by atoms with Gasteiger partial charge in [-0.15, -0.1) is 3.63 Å². The second-order valence-electron chi connectivity index (χ2n) is 3.41. The lowest BCUT2D eigenvalue weighted by molar-refractivity contribution is 0.344. The first-order valence-electron chi connectivity index (χ1n) is 4.58. The summed E-state index contributed by atoms with van der Waals surface area (Å²) in [6, 6.07) is 0. The maximum atomic E-state index is 9.44. The zero-order valence-corrected chi connectivity index (χ0v) is 16.2. The van der Waals surface area contributed by atoms with Gasteiger partial charge in [0.2, 0.25) is 0 Å². The average molecular weight is 419 g/mol. The monoisotopic (exact) mass is 418 g/mol. The predicted octanol–water partition coefficient (Wildman–Crippen LogP) is 0.669. The minimum absolute atomic E-state index is 0.837. The summed E-state index contributed by atoms with van der Waals surface area (Å²) in [6.07, 6.45) is 0. The van der Waals surface area contributed by atoms with E-state index in [4.69, 9.17) is 33.5 Å². The lowest BCUT2D eigenvalue weighted by atomic mass is 11.0. The van der Waals surface area contributed by atoms with Crippen LogP contribution in [0.1, 0.15) is 0 Å². The lowest BCUT2D eigenvalue weighted by Gasteiger charge is -2.15. The topological polar surface area (TPSA) is 124 Å². The molecule has 0 fully saturated rings. The van der Waals surface area contributed by atoms with Crippen molar-refractivity contribution in [2.45, 2.75) is 0 Å². The van der Waals surface area contributed by atoms with E-state index in [-0.39, 0.29) is 0 Å². The van der Waals surface area contributed by atoms with Crippen molar-refractivity contribution in [2.24, 2.45) is 0 Å². The normalized spacial score (nSPS) is 11.1. The quantitative estimate of drug-likeness (QED) is 0.371. The van der Waals surface area contributed by atoms with E-state index in [1.54, 1.807) is 0 Å². The van der Waals surface area contributed by atoms with E-state index in [1.807, 2.05) is 38.0 Å². The summed E-state index contributed by atoms with van der Waals surface area (Å²) in [5, 5.41) is 0. The third kappa shape index (κ3) is 18.2. The maximum Gasteiger partial charge on any atom is 0.413 e. The molecule has 0 aliphatic heterocycles. The van der Waals surface area contributed by atoms with Gasteiger partial charge in [0, 0.05) is 28.2 Å². The maximum absolute atomic E-state index is 9.44. The molecule has 0 rings (SSSR count). The van der Waals surface area contributed by atoms with Crippen molar-refractivity contribution in [3.05, 3.63) is 0 Å². The molecule has 0 unspecified atom stereocenters. The van der Waals surface area contributed by atoms with Crippen LogP contribution in [-0.2, 0) is 24.4 Å². The number of thiocarbonyl (C=S) groups is 2. The van der Waals surface area contributed by atoms with Crippen LogP contribution >= 0.6 is 46.0 Å². The zero-order chi connectivity index (χ0) is 17.4. The van der Waals surface area contributed by atoms with Crippen molar-refractivity contribution < 1.29 is 29.6 Å². The Labute approximate surface area is 142 Å². The standard InChI is InChI=1S/C6H12N2S4.H2O7S2/c1-7(2)5(9)11-12-6(10)8(3)4;1-8(2,3)7-9(4,5)6/h1-4H3;(H,1,2,3)(H,4,5,6). The Hall–Kier alpha value is 0.260. The van der Waals surface area contributed by atoms with Gasteiger partial charge in [-0.2, -0.15) is 16.8 Å². The van der Waals surface area contributed by atoms with Crippen LogP contribution in [0.4, 0.5) is 0 Å². The fourth-order valence-corrected chi connectivity index (χ4v) is 3.57. The van der Waals surface area contributed by atoms with E-state index in [2.05, 4.69) is 3.63 Å². The molecule has 126 valence electrons. The van der Waals surface area contributed by atoms with Gasteiger partial charge in [-0.25, -0.2) is 0 Å². The van der Waals surface area contributed by atoms with Gasteiger partial charge in [-0.1, -0.05) is 24.4 Å². The highest BCUT2D eigenvalue weighted by Gasteiger charge is 2.15. The number of hydrogen-bond acceptors (Lipinski definition) is 9. The summed E-state index contributed by atoms with van der Waals surface area (Å²) in [4.78, 5) is 3.79. The molecule has 0 saturated heterocycles. The van der Waals surface area contributed by atoms with Crippen molar-refractivity contribution in [1.29, 1.82) is 0 Å². The van der Waals surface area contributed by atoms with Crippen LogP contribution in [0.3, 0.4) is 0 Å². The molecule has 0 atom stereocenters. The predicted molar refractivity (Wildman–Crippen MR) is 91.9 cm³/mol. The molecule has 0 aliphatic carbocycles. The van der Waals surface area contributed by atoms with Gasteiger partial charge in [0.1, 0.15) is 8.64 Å². The van der Waals surface area contributed by atoms with Gasteiger partial charge in [0.15, 0.2) is 0 Å². The Bertz CT molecular complexity index is 504. The first-order chi connectivity index (χ1) is 9.15. The molecule has 0 heterocycles. The Morgan fingerprint density at radius 3 is 1.19 bits per heavy atom. The van der Waals surface area contributed by atoms with Crippen molar-refractivity contribution >= 4 is 75.5 Å². The van der Waals surface area contributed by atoms with E-state index in [0.717, 1.165) is 8.64 Å². The van der Waals surface area contributed by atoms with Gasteiger partial charge in [0.25, 0.3) is 0 Å². The van der Waals surface area contributed by atoms with Crippen molar-refractivity contribution in [3.63, 3.8) is 0 Å². The molecule has 15 heteroatoms. The molecule has 0 aromatic rings. The van der Waals surface area contributed by atoms with Crippen LogP contribution in [0, 0.1) is 0 Å². The number of hydrogen-bond donors (Lipinski definition) is 2. The summed E-state index contributed by atoms with van der Waals surface area (Å²) in [5.41, 5.74) is 0. The van der Waals surface area contributed by atoms with E-state index in [0.29, 0.717) is 0 Å². The van der Waals surface area contributed by atoms with Gasteiger partial charge >= 0.3 is 20.8 Å². The molecule has 0 bridgehead atoms. The third-order valence-electron chi connectivity index (χ3n) is 1.09. The molecule has 0 spiro atoms. The third-order valence-corrected chi connectivity index (χ3v) is 6.62. The zero-order valence-electron chi connectivity index (χ0n) is 11.3. The fraction of sp³-hybridized carbons (Fsp3) is 0.667. The minimum atomic E-state index is -5.12. The first kappa shape index (κ1) is 23.5. The van der Waals surface area contributed by atoms with Crippen molar-refractivity contribution in [3.8, 4) is 0 Å². The minimum Gasteiger partial charge on any atom is -0.363 e. The summed E-state index contributed by atoms with van der Waals surface area (Å²) >= 11 is 10.1. The molecule has 0 aliphatic rings. The van der Waals surface area contributed by atoms with Crippen LogP contribution in [0.25, 0.3) is 0 Å². The second kappa shape index (κ2) is 10.1. The highest BCUT2D eigenvalue weighted by molar-refractivity contribution is 8.89. The van der Waals surface area contributed by atoms with E-state index in [9.17, 15) is 16.8 Å². The number of rotatable bonds is 2. The molecular weight excluding hydrogens is 404 g/mol. The Morgan fingerprint density at radius 2 is 1.10 bits per heavy atom. The van der Waals surface area contributed by atoms with Crippen molar-refractivity contribution in [1.82, 2.24) is 9.80 Å². The van der Waals surface area contributed by atoms with Crippen LogP contribution in [-0.4, -0.2) is 72.6 Å². The molecule has 21 heavy (non-hydrogen) atoms. The largest absolute Gasteiger partial charge is 0.413 e. The molecule has 2 N–H and O–H groups in total. The molecule has 0 aromatic carbocycles. The summed E-state index contributed by atoms with van der Waals surface area (Å²) < 4.78 is 57.2. The van der Waals surface area contributed by atoms with Crippen LogP contribution in [0.15, 0.2) is 0 Å². The SMILES string of the molecule is CN(C)C(=S)SSC(=S)N(C)C.O=S(=O)(O)OS(=O)(=O)O. The van der Waals surface area contributed by atoms with E-state index >= 15 is 0 Å². The Balaban J connectivity index is 0. The number of nitrogens with zero attached hydrogens (tertiary/aromatic N) is 2. The lowest BCUT2D eigenvalue weighted by Crippen LogP contribution is -2.18. The van der Waals surface area contributed by atoms with E-state index in [1.165, 1.54) is 21.6 Å². The second-order valence-corrected chi connectivity index (χ2v) is 9.06. The Morgan fingerprint density at radius 1 is 0.857 bits per heavy atom. The summed E-state index contributed by atoms with van der Waals surface area (Å²) in [7, 11) is 0.485.